The van der Waals surface area contributed by atoms with Crippen molar-refractivity contribution < 1.29 is 8.42 Å². The molecule has 1 heterocycles. The molecule has 0 radical (unpaired) electrons. The van der Waals surface area contributed by atoms with Crippen molar-refractivity contribution in [1.82, 2.24) is 5.32 Å². The van der Waals surface area contributed by atoms with Crippen LogP contribution in [0.15, 0.2) is 29.2 Å². The standard InChI is InChI=1S/C15H24N2O2S/c1-3-16-12-13-8-10-17(11-9-13)14-6-4-5-7-15(14)20(2,18)19/h4-7,13,16H,3,8-12H2,1-2H3. The van der Waals surface area contributed by atoms with E-state index in [1.165, 1.54) is 6.26 Å². The van der Waals surface area contributed by atoms with Crippen LogP contribution >= 0.6 is 0 Å². The van der Waals surface area contributed by atoms with Crippen molar-refractivity contribution in [2.24, 2.45) is 5.92 Å². The first kappa shape index (κ1) is 15.3. The summed E-state index contributed by atoms with van der Waals surface area (Å²) in [6.45, 7) is 6.07. The molecule has 112 valence electrons. The fourth-order valence-corrected chi connectivity index (χ4v) is 3.66. The van der Waals surface area contributed by atoms with E-state index < -0.39 is 9.84 Å². The lowest BCUT2D eigenvalue weighted by Crippen LogP contribution is -2.37. The van der Waals surface area contributed by atoms with Gasteiger partial charge in [-0.25, -0.2) is 8.42 Å². The van der Waals surface area contributed by atoms with Gasteiger partial charge in [0.05, 0.1) is 10.6 Å². The van der Waals surface area contributed by atoms with Crippen LogP contribution in [0.5, 0.6) is 0 Å². The molecule has 0 saturated carbocycles. The van der Waals surface area contributed by atoms with Crippen molar-refractivity contribution in [3.63, 3.8) is 0 Å². The average Bonchev–Trinajstić information content (AvgIpc) is 2.45. The van der Waals surface area contributed by atoms with E-state index in [4.69, 9.17) is 0 Å². The molecule has 1 aromatic rings. The van der Waals surface area contributed by atoms with Gasteiger partial charge in [-0.2, -0.15) is 0 Å². The van der Waals surface area contributed by atoms with Crippen molar-refractivity contribution in [3.05, 3.63) is 24.3 Å². The van der Waals surface area contributed by atoms with Gasteiger partial charge in [0.15, 0.2) is 9.84 Å². The fourth-order valence-electron chi connectivity index (χ4n) is 2.76. The van der Waals surface area contributed by atoms with E-state index in [1.807, 2.05) is 12.1 Å². The summed E-state index contributed by atoms with van der Waals surface area (Å²) >= 11 is 0. The number of nitrogens with one attached hydrogen (secondary N) is 1. The highest BCUT2D eigenvalue weighted by Crippen LogP contribution is 2.28. The van der Waals surface area contributed by atoms with Crippen LogP contribution in [-0.4, -0.2) is 40.9 Å². The Morgan fingerprint density at radius 3 is 2.50 bits per heavy atom. The lowest BCUT2D eigenvalue weighted by Gasteiger charge is -2.34. The maximum Gasteiger partial charge on any atom is 0.177 e. The third-order valence-electron chi connectivity index (χ3n) is 3.90. The average molecular weight is 296 g/mol. The Bertz CT molecular complexity index is 535. The molecule has 1 saturated heterocycles. The predicted molar refractivity (Wildman–Crippen MR) is 83.0 cm³/mol. The van der Waals surface area contributed by atoms with Crippen molar-refractivity contribution in [2.45, 2.75) is 24.7 Å². The number of hydrogen-bond acceptors (Lipinski definition) is 4. The minimum absolute atomic E-state index is 0.449. The minimum Gasteiger partial charge on any atom is -0.370 e. The molecule has 0 aliphatic carbocycles. The van der Waals surface area contributed by atoms with Gasteiger partial charge in [-0.05, 0) is 44.0 Å². The molecular formula is C15H24N2O2S. The summed E-state index contributed by atoms with van der Waals surface area (Å²) in [7, 11) is -3.16. The largest absolute Gasteiger partial charge is 0.370 e. The molecule has 0 aromatic heterocycles. The number of benzene rings is 1. The first-order valence-corrected chi connectivity index (χ1v) is 9.16. The number of para-hydroxylation sites is 1. The SMILES string of the molecule is CCNCC1CCN(c2ccccc2S(C)(=O)=O)CC1. The Kier molecular flexibility index (Phi) is 5.05. The molecule has 5 heteroatoms. The molecule has 4 nitrogen and oxygen atoms in total. The zero-order valence-corrected chi connectivity index (χ0v) is 13.1. The van der Waals surface area contributed by atoms with E-state index >= 15 is 0 Å². The summed E-state index contributed by atoms with van der Waals surface area (Å²) < 4.78 is 23.7. The van der Waals surface area contributed by atoms with Crippen molar-refractivity contribution in [3.8, 4) is 0 Å². The summed E-state index contributed by atoms with van der Waals surface area (Å²) in [6, 6.07) is 7.32. The number of anilines is 1. The van der Waals surface area contributed by atoms with Crippen molar-refractivity contribution in [1.29, 1.82) is 0 Å². The van der Waals surface area contributed by atoms with E-state index in [2.05, 4.69) is 17.1 Å². The van der Waals surface area contributed by atoms with Crippen LogP contribution in [-0.2, 0) is 9.84 Å². The number of rotatable bonds is 5. The highest BCUT2D eigenvalue weighted by molar-refractivity contribution is 7.90. The molecule has 0 amide bonds. The third-order valence-corrected chi connectivity index (χ3v) is 5.05. The van der Waals surface area contributed by atoms with Crippen LogP contribution in [0.1, 0.15) is 19.8 Å². The first-order valence-electron chi connectivity index (χ1n) is 7.27. The maximum absolute atomic E-state index is 11.9. The third kappa shape index (κ3) is 3.73. The van der Waals surface area contributed by atoms with E-state index in [9.17, 15) is 8.42 Å². The van der Waals surface area contributed by atoms with E-state index in [1.54, 1.807) is 12.1 Å². The van der Waals surface area contributed by atoms with Gasteiger partial charge in [-0.1, -0.05) is 19.1 Å². The van der Waals surface area contributed by atoms with Crippen LogP contribution in [0.2, 0.25) is 0 Å². The van der Waals surface area contributed by atoms with E-state index in [-0.39, 0.29) is 0 Å². The first-order chi connectivity index (χ1) is 9.52. The summed E-state index contributed by atoms with van der Waals surface area (Å²) in [5.74, 6) is 0.705. The van der Waals surface area contributed by atoms with Gasteiger partial charge in [-0.3, -0.25) is 0 Å². The molecule has 1 aromatic carbocycles. The molecule has 0 bridgehead atoms. The number of sulfone groups is 1. The summed E-state index contributed by atoms with van der Waals surface area (Å²) in [4.78, 5) is 2.66. The van der Waals surface area contributed by atoms with Crippen molar-refractivity contribution in [2.75, 3.05) is 37.3 Å². The Morgan fingerprint density at radius 1 is 1.25 bits per heavy atom. The fraction of sp³-hybridized carbons (Fsp3) is 0.600. The van der Waals surface area contributed by atoms with Crippen LogP contribution in [0.4, 0.5) is 5.69 Å². The summed E-state index contributed by atoms with van der Waals surface area (Å²) in [6.07, 6.45) is 3.51. The van der Waals surface area contributed by atoms with Gasteiger partial charge in [0.1, 0.15) is 0 Å². The smallest absolute Gasteiger partial charge is 0.177 e. The molecule has 1 aliphatic heterocycles. The molecule has 0 unspecified atom stereocenters. The molecule has 0 spiro atoms. The van der Waals surface area contributed by atoms with Gasteiger partial charge in [-0.15, -0.1) is 0 Å². The zero-order chi connectivity index (χ0) is 14.6. The molecule has 1 fully saturated rings. The zero-order valence-electron chi connectivity index (χ0n) is 12.3. The lowest BCUT2D eigenvalue weighted by molar-refractivity contribution is 0.386. The Morgan fingerprint density at radius 2 is 1.90 bits per heavy atom. The molecule has 20 heavy (non-hydrogen) atoms. The van der Waals surface area contributed by atoms with Gasteiger partial charge in [0.25, 0.3) is 0 Å². The van der Waals surface area contributed by atoms with Crippen LogP contribution in [0.3, 0.4) is 0 Å². The number of piperidine rings is 1. The maximum atomic E-state index is 11.9. The normalized spacial score (nSPS) is 17.4. The Balaban J connectivity index is 2.08. The van der Waals surface area contributed by atoms with E-state index in [0.29, 0.717) is 10.8 Å². The molecule has 2 rings (SSSR count). The Hall–Kier alpha value is -1.07. The highest BCUT2D eigenvalue weighted by atomic mass is 32.2. The molecule has 0 atom stereocenters. The number of nitrogens with zero attached hydrogens (tertiary/aromatic N) is 1. The van der Waals surface area contributed by atoms with Gasteiger partial charge < -0.3 is 10.2 Å². The van der Waals surface area contributed by atoms with Gasteiger partial charge in [0.2, 0.25) is 0 Å². The predicted octanol–water partition coefficient (Wildman–Crippen LogP) is 1.92. The van der Waals surface area contributed by atoms with Gasteiger partial charge >= 0.3 is 0 Å². The van der Waals surface area contributed by atoms with Crippen LogP contribution < -0.4 is 10.2 Å². The monoisotopic (exact) mass is 296 g/mol. The summed E-state index contributed by atoms with van der Waals surface area (Å²) in [5.41, 5.74) is 0.858. The summed E-state index contributed by atoms with van der Waals surface area (Å²) in [5, 5.41) is 3.39. The van der Waals surface area contributed by atoms with E-state index in [0.717, 1.165) is 44.7 Å². The minimum atomic E-state index is -3.16. The quantitative estimate of drug-likeness (QED) is 0.902. The second-order valence-corrected chi connectivity index (χ2v) is 7.46. The highest BCUT2D eigenvalue weighted by Gasteiger charge is 2.23. The van der Waals surface area contributed by atoms with Gasteiger partial charge in [0, 0.05) is 19.3 Å². The van der Waals surface area contributed by atoms with Crippen LogP contribution in [0, 0.1) is 5.92 Å². The number of hydrogen-bond donors (Lipinski definition) is 1. The molecule has 1 N–H and O–H groups in total. The molecule has 1 aliphatic rings. The van der Waals surface area contributed by atoms with Crippen LogP contribution in [0.25, 0.3) is 0 Å². The van der Waals surface area contributed by atoms with Crippen molar-refractivity contribution >= 4 is 15.5 Å². The topological polar surface area (TPSA) is 49.4 Å². The second-order valence-electron chi connectivity index (χ2n) is 5.48. The molecular weight excluding hydrogens is 272 g/mol. The Labute approximate surface area is 122 Å². The lowest BCUT2D eigenvalue weighted by atomic mass is 9.96. The second kappa shape index (κ2) is 6.59.